The lowest BCUT2D eigenvalue weighted by atomic mass is 9.79. The molecule has 0 bridgehead atoms. The van der Waals surface area contributed by atoms with E-state index in [1.54, 1.807) is 17.8 Å². The molecule has 11 heteroatoms. The molecule has 3 atom stereocenters. The van der Waals surface area contributed by atoms with Gasteiger partial charge in [-0.15, -0.1) is 11.8 Å². The Labute approximate surface area is 269 Å². The van der Waals surface area contributed by atoms with E-state index >= 15 is 0 Å². The quantitative estimate of drug-likeness (QED) is 0.314. The first-order valence-electron chi connectivity index (χ1n) is 15.8. The Morgan fingerprint density at radius 2 is 1.98 bits per heavy atom. The summed E-state index contributed by atoms with van der Waals surface area (Å²) in [7, 11) is 0. The van der Waals surface area contributed by atoms with Crippen molar-refractivity contribution in [3.8, 4) is 0 Å². The fraction of sp³-hybridized carbons (Fsp3) is 0.429. The number of allylic oxidation sites excluding steroid dienone is 4. The first-order valence-corrected chi connectivity index (χ1v) is 16.9. The van der Waals surface area contributed by atoms with Gasteiger partial charge in [-0.2, -0.15) is 13.2 Å². The minimum atomic E-state index is -4.55. The minimum absolute atomic E-state index is 0.171. The van der Waals surface area contributed by atoms with Crippen LogP contribution in [0.25, 0.3) is 0 Å². The van der Waals surface area contributed by atoms with Gasteiger partial charge in [-0.25, -0.2) is 4.79 Å². The number of nitrogens with one attached hydrogen (secondary N) is 1. The zero-order chi connectivity index (χ0) is 32.0. The molecule has 0 aromatic heterocycles. The molecule has 1 aromatic carbocycles. The Morgan fingerprint density at radius 1 is 1.17 bits per heavy atom. The van der Waals surface area contributed by atoms with E-state index in [1.807, 2.05) is 18.2 Å². The largest absolute Gasteiger partial charge is 0.491 e. The molecular formula is C35H35F3N2O5S. The number of amides is 1. The Morgan fingerprint density at radius 3 is 2.72 bits per heavy atom. The smallest absolute Gasteiger partial charge is 0.416 e. The number of hydrogen-bond acceptors (Lipinski definition) is 6. The van der Waals surface area contributed by atoms with Crippen LogP contribution < -0.4 is 5.32 Å². The maximum Gasteiger partial charge on any atom is 0.416 e. The van der Waals surface area contributed by atoms with E-state index in [4.69, 9.17) is 9.47 Å². The number of hydrogen-bond donors (Lipinski definition) is 2. The Bertz CT molecular complexity index is 1630. The minimum Gasteiger partial charge on any atom is -0.491 e. The highest BCUT2D eigenvalue weighted by molar-refractivity contribution is 8.06. The van der Waals surface area contributed by atoms with Gasteiger partial charge in [-0.05, 0) is 66.2 Å². The lowest BCUT2D eigenvalue weighted by Gasteiger charge is -2.30. The third kappa shape index (κ3) is 6.26. The molecule has 3 unspecified atom stereocenters. The number of carbonyl (C=O) groups excluding carboxylic acids is 1. The Hall–Kier alpha value is -3.86. The highest BCUT2D eigenvalue weighted by Crippen LogP contribution is 2.49. The second-order valence-electron chi connectivity index (χ2n) is 12.4. The van der Waals surface area contributed by atoms with Crippen LogP contribution in [0.3, 0.4) is 0 Å². The lowest BCUT2D eigenvalue weighted by molar-refractivity contribution is -0.141. The summed E-state index contributed by atoms with van der Waals surface area (Å²) in [6.45, 7) is 1.07. The van der Waals surface area contributed by atoms with Crippen LogP contribution in [0, 0.1) is 5.92 Å². The second kappa shape index (κ2) is 12.4. The summed E-state index contributed by atoms with van der Waals surface area (Å²) in [4.78, 5) is 27.9. The van der Waals surface area contributed by atoms with Gasteiger partial charge in [0, 0.05) is 35.1 Å². The summed E-state index contributed by atoms with van der Waals surface area (Å²) in [5.41, 5.74) is 4.59. The number of alkyl halides is 3. The van der Waals surface area contributed by atoms with E-state index in [0.29, 0.717) is 31.1 Å². The first-order chi connectivity index (χ1) is 22.2. The maximum absolute atomic E-state index is 13.5. The van der Waals surface area contributed by atoms with Crippen molar-refractivity contribution in [1.82, 2.24) is 10.2 Å². The predicted molar refractivity (Wildman–Crippen MR) is 167 cm³/mol. The van der Waals surface area contributed by atoms with Gasteiger partial charge >= 0.3 is 12.1 Å². The molecule has 3 aliphatic heterocycles. The van der Waals surface area contributed by atoms with Crippen molar-refractivity contribution in [1.29, 1.82) is 0 Å². The van der Waals surface area contributed by atoms with E-state index < -0.39 is 29.7 Å². The molecule has 6 aliphatic rings. The summed E-state index contributed by atoms with van der Waals surface area (Å²) < 4.78 is 52.1. The highest BCUT2D eigenvalue weighted by atomic mass is 32.2. The van der Waals surface area contributed by atoms with Crippen LogP contribution in [0.4, 0.5) is 13.2 Å². The number of carboxylic acid groups (broad SMARTS) is 1. The molecule has 46 heavy (non-hydrogen) atoms. The van der Waals surface area contributed by atoms with Gasteiger partial charge in [-0.3, -0.25) is 4.79 Å². The SMILES string of the molecule is O=C(NC(Cc1cccc(C(F)(F)F)c1)C(=O)O)C1=CC2C(=C(C3CCCCC3)C3=C4CC=C(OC5CS5)C=C4OCCN32)C=C1. The fourth-order valence-electron chi connectivity index (χ4n) is 7.16. The van der Waals surface area contributed by atoms with Crippen LogP contribution in [-0.2, 0) is 31.7 Å². The normalized spacial score (nSPS) is 24.8. The summed E-state index contributed by atoms with van der Waals surface area (Å²) >= 11 is 1.77. The molecule has 1 aromatic rings. The molecule has 3 heterocycles. The van der Waals surface area contributed by atoms with Gasteiger partial charge in [0.15, 0.2) is 5.44 Å². The monoisotopic (exact) mass is 652 g/mol. The van der Waals surface area contributed by atoms with E-state index in [1.165, 1.54) is 42.7 Å². The maximum atomic E-state index is 13.5. The average molecular weight is 653 g/mol. The first kappa shape index (κ1) is 30.8. The van der Waals surface area contributed by atoms with Crippen molar-refractivity contribution < 1.29 is 37.3 Å². The van der Waals surface area contributed by atoms with Gasteiger partial charge in [0.2, 0.25) is 0 Å². The molecule has 7 rings (SSSR count). The van der Waals surface area contributed by atoms with Crippen molar-refractivity contribution in [2.45, 2.75) is 68.6 Å². The molecule has 2 fully saturated rings. The third-order valence-corrected chi connectivity index (χ3v) is 10.1. The van der Waals surface area contributed by atoms with E-state index in [0.717, 1.165) is 53.4 Å². The van der Waals surface area contributed by atoms with Crippen LogP contribution in [0.5, 0.6) is 0 Å². The summed E-state index contributed by atoms with van der Waals surface area (Å²) in [6.07, 6.45) is 11.3. The van der Waals surface area contributed by atoms with Gasteiger partial charge in [0.05, 0.1) is 18.2 Å². The number of rotatable bonds is 8. The van der Waals surface area contributed by atoms with Crippen LogP contribution in [0.2, 0.25) is 0 Å². The van der Waals surface area contributed by atoms with Crippen LogP contribution in [-0.4, -0.2) is 58.3 Å². The van der Waals surface area contributed by atoms with Crippen molar-refractivity contribution in [3.63, 3.8) is 0 Å². The van der Waals surface area contributed by atoms with Crippen molar-refractivity contribution >= 4 is 23.6 Å². The molecule has 7 nitrogen and oxygen atoms in total. The van der Waals surface area contributed by atoms with Crippen LogP contribution in [0.1, 0.15) is 49.7 Å². The fourth-order valence-corrected chi connectivity index (χ4v) is 7.48. The Balaban J connectivity index is 1.17. The van der Waals surface area contributed by atoms with Crippen LogP contribution >= 0.6 is 11.8 Å². The molecule has 0 radical (unpaired) electrons. The predicted octanol–water partition coefficient (Wildman–Crippen LogP) is 6.42. The second-order valence-corrected chi connectivity index (χ2v) is 13.6. The molecule has 3 aliphatic carbocycles. The molecule has 0 spiro atoms. The van der Waals surface area contributed by atoms with Crippen molar-refractivity contribution in [2.75, 3.05) is 18.9 Å². The zero-order valence-corrected chi connectivity index (χ0v) is 26.0. The molecule has 2 N–H and O–H groups in total. The van der Waals surface area contributed by atoms with E-state index in [-0.39, 0.29) is 23.5 Å². The number of benzene rings is 1. The van der Waals surface area contributed by atoms with E-state index in [2.05, 4.69) is 16.3 Å². The van der Waals surface area contributed by atoms with Crippen LogP contribution in [0.15, 0.2) is 94.2 Å². The molecule has 1 saturated carbocycles. The topological polar surface area (TPSA) is 88.1 Å². The third-order valence-electron chi connectivity index (χ3n) is 9.38. The molecule has 1 amide bonds. The number of nitrogens with zero attached hydrogens (tertiary/aromatic N) is 1. The van der Waals surface area contributed by atoms with Gasteiger partial charge in [0.25, 0.3) is 5.91 Å². The van der Waals surface area contributed by atoms with Gasteiger partial charge in [0.1, 0.15) is 24.2 Å². The van der Waals surface area contributed by atoms with Crippen molar-refractivity contribution in [2.24, 2.45) is 5.92 Å². The van der Waals surface area contributed by atoms with Crippen molar-refractivity contribution in [3.05, 3.63) is 105 Å². The van der Waals surface area contributed by atoms with E-state index in [9.17, 15) is 27.9 Å². The highest BCUT2D eigenvalue weighted by Gasteiger charge is 2.43. The van der Waals surface area contributed by atoms with Gasteiger partial charge in [-0.1, -0.05) is 43.5 Å². The number of aliphatic carboxylic acids is 1. The molecule has 1 saturated heterocycles. The summed E-state index contributed by atoms with van der Waals surface area (Å²) in [6, 6.07) is 2.90. The lowest BCUT2D eigenvalue weighted by Crippen LogP contribution is -2.43. The number of carboxylic acids is 1. The number of fused-ring (bicyclic) bond motifs is 4. The zero-order valence-electron chi connectivity index (χ0n) is 25.1. The molecular weight excluding hydrogens is 617 g/mol. The molecule has 242 valence electrons. The Kier molecular flexibility index (Phi) is 8.29. The average Bonchev–Trinajstić information content (AvgIpc) is 3.83. The number of ether oxygens (including phenoxy) is 2. The van der Waals surface area contributed by atoms with Gasteiger partial charge < -0.3 is 24.8 Å². The number of halogens is 3. The number of thioether (sulfide) groups is 1. The summed E-state index contributed by atoms with van der Waals surface area (Å²) in [5.74, 6) is 1.15. The number of carbonyl (C=O) groups is 2. The standard InChI is InChI=1S/C35H35F3N2O5S/c36-35(37,38)23-8-4-5-20(15-23)16-27(34(42)43)39-33(41)22-9-11-25-28(17-22)40-13-14-44-29-18-24(45-30-19-46-30)10-12-26(29)32(40)31(25)21-6-2-1-3-7-21/h4-5,8-11,15,17-18,21,27-28,30H,1-3,6-7,12-14,16,19H2,(H,39,41)(H,42,43). The summed E-state index contributed by atoms with van der Waals surface area (Å²) in [5, 5.41) is 12.4.